The van der Waals surface area contributed by atoms with Crippen LogP contribution in [0.1, 0.15) is 55.5 Å². The van der Waals surface area contributed by atoms with Crippen molar-refractivity contribution in [2.24, 2.45) is 0 Å². The summed E-state index contributed by atoms with van der Waals surface area (Å²) in [5.41, 5.74) is 14.1. The number of hydrogen-bond acceptors (Lipinski definition) is 9. The van der Waals surface area contributed by atoms with E-state index in [0.29, 0.717) is 0 Å². The standard InChI is InChI=1S/C47H50N8OS2/c1-29-15-17-37(31(3)27-29)50-19-23-52(24-20-50)41(44-33(5)54-39-13-9-7-11-35(39)48-46(54)57-44)43(56)42(45-34(6)55-40-14-10-8-12-36(40)49-47(55)58-45)53-25-21-51(22-26-53)38-18-16-30(2)28-32(38)4/h7-18,27-28,41-42H,19-26H2,1-6H3. The molecule has 0 radical (unpaired) electrons. The van der Waals surface area contributed by atoms with Crippen LogP contribution in [0.5, 0.6) is 0 Å². The van der Waals surface area contributed by atoms with Crippen LogP contribution in [-0.4, -0.2) is 86.7 Å². The maximum absolute atomic E-state index is 16.2. The van der Waals surface area contributed by atoms with Crippen LogP contribution in [0.3, 0.4) is 0 Å². The molecule has 0 aliphatic carbocycles. The van der Waals surface area contributed by atoms with Crippen LogP contribution in [0, 0.1) is 41.5 Å². The number of imidazole rings is 2. The lowest BCUT2D eigenvalue weighted by molar-refractivity contribution is -0.130. The van der Waals surface area contributed by atoms with Crippen molar-refractivity contribution in [1.29, 1.82) is 0 Å². The Kier molecular flexibility index (Phi) is 9.39. The summed E-state index contributed by atoms with van der Waals surface area (Å²) in [4.78, 5) is 40.4. The summed E-state index contributed by atoms with van der Waals surface area (Å²) in [5, 5.41) is 0. The maximum atomic E-state index is 16.2. The highest BCUT2D eigenvalue weighted by Crippen LogP contribution is 2.43. The second-order valence-electron chi connectivity index (χ2n) is 16.4. The summed E-state index contributed by atoms with van der Waals surface area (Å²) < 4.78 is 4.55. The van der Waals surface area contributed by atoms with Crippen molar-refractivity contribution in [2.45, 2.75) is 53.6 Å². The molecule has 4 aromatic heterocycles. The van der Waals surface area contributed by atoms with Gasteiger partial charge in [0.15, 0.2) is 15.7 Å². The van der Waals surface area contributed by atoms with Crippen LogP contribution >= 0.6 is 22.7 Å². The maximum Gasteiger partial charge on any atom is 0.195 e. The Balaban J connectivity index is 1.07. The Morgan fingerprint density at radius 2 is 0.931 bits per heavy atom. The van der Waals surface area contributed by atoms with Gasteiger partial charge in [-0.2, -0.15) is 0 Å². The Bertz CT molecular complexity index is 2660. The molecule has 10 rings (SSSR count). The zero-order valence-electron chi connectivity index (χ0n) is 34.2. The molecule has 0 amide bonds. The lowest BCUT2D eigenvalue weighted by Gasteiger charge is -2.43. The minimum Gasteiger partial charge on any atom is -0.369 e. The molecule has 2 fully saturated rings. The second kappa shape index (κ2) is 14.6. The molecule has 2 aliphatic rings. The van der Waals surface area contributed by atoms with Crippen LogP contribution < -0.4 is 9.80 Å². The topological polar surface area (TPSA) is 64.6 Å². The van der Waals surface area contributed by atoms with Gasteiger partial charge in [-0.3, -0.25) is 23.4 Å². The molecular weight excluding hydrogens is 757 g/mol. The smallest absolute Gasteiger partial charge is 0.195 e. The molecule has 2 aliphatic heterocycles. The number of piperazine rings is 2. The summed E-state index contributed by atoms with van der Waals surface area (Å²) in [6.07, 6.45) is 0. The number of thiazole rings is 2. The van der Waals surface area contributed by atoms with E-state index in [9.17, 15) is 0 Å². The third-order valence-corrected chi connectivity index (χ3v) is 15.0. The first-order valence-electron chi connectivity index (χ1n) is 20.5. The monoisotopic (exact) mass is 806 g/mol. The highest BCUT2D eigenvalue weighted by molar-refractivity contribution is 7.18. The van der Waals surface area contributed by atoms with Gasteiger partial charge in [0.05, 0.1) is 31.8 Å². The minimum absolute atomic E-state index is 0.244. The minimum atomic E-state index is -0.431. The van der Waals surface area contributed by atoms with E-state index in [1.54, 1.807) is 22.7 Å². The number of aromatic nitrogens is 4. The van der Waals surface area contributed by atoms with Crippen molar-refractivity contribution in [2.75, 3.05) is 62.2 Å². The molecule has 2 unspecified atom stereocenters. The Morgan fingerprint density at radius 1 is 0.534 bits per heavy atom. The predicted molar refractivity (Wildman–Crippen MR) is 241 cm³/mol. The predicted octanol–water partition coefficient (Wildman–Crippen LogP) is 9.26. The molecule has 8 aromatic rings. The van der Waals surface area contributed by atoms with Gasteiger partial charge in [0.1, 0.15) is 12.1 Å². The molecule has 58 heavy (non-hydrogen) atoms. The Morgan fingerprint density at radius 3 is 1.33 bits per heavy atom. The highest BCUT2D eigenvalue weighted by Gasteiger charge is 2.43. The largest absolute Gasteiger partial charge is 0.369 e. The second-order valence-corrected chi connectivity index (χ2v) is 18.4. The van der Waals surface area contributed by atoms with E-state index in [0.717, 1.165) is 105 Å². The third kappa shape index (κ3) is 6.22. The number of anilines is 2. The van der Waals surface area contributed by atoms with Crippen LogP contribution in [0.4, 0.5) is 11.4 Å². The lowest BCUT2D eigenvalue weighted by Crippen LogP contribution is -2.53. The number of carbonyl (C=O) groups excluding carboxylic acids is 1. The van der Waals surface area contributed by atoms with Gasteiger partial charge in [0, 0.05) is 75.1 Å². The van der Waals surface area contributed by atoms with Crippen molar-refractivity contribution >= 4 is 71.8 Å². The van der Waals surface area contributed by atoms with E-state index < -0.39 is 12.1 Å². The van der Waals surface area contributed by atoms with Crippen molar-refractivity contribution in [3.05, 3.63) is 128 Å². The number of benzene rings is 4. The van der Waals surface area contributed by atoms with Crippen molar-refractivity contribution in [1.82, 2.24) is 28.6 Å². The number of carbonyl (C=O) groups is 1. The van der Waals surface area contributed by atoms with Gasteiger partial charge in [-0.05, 0) is 89.1 Å². The number of hydrogen-bond donors (Lipinski definition) is 0. The molecule has 0 N–H and O–H groups in total. The zero-order valence-corrected chi connectivity index (χ0v) is 35.8. The fourth-order valence-electron chi connectivity index (χ4n) is 9.73. The van der Waals surface area contributed by atoms with Gasteiger partial charge in [-0.1, -0.05) is 82.3 Å². The van der Waals surface area contributed by atoms with Crippen LogP contribution in [0.25, 0.3) is 32.0 Å². The van der Waals surface area contributed by atoms with E-state index in [1.807, 2.05) is 12.1 Å². The lowest BCUT2D eigenvalue weighted by atomic mass is 9.96. The molecule has 296 valence electrons. The Hall–Kier alpha value is -5.07. The fourth-order valence-corrected chi connectivity index (χ4v) is 12.3. The SMILES string of the molecule is Cc1ccc(N2CCN(C(C(=O)C(c3sc4nc5ccccc5n4c3C)N3CCN(c4ccc(C)cc4C)CC3)c3sc4nc5ccccc5n4c3C)CC2)c(C)c1. The van der Waals surface area contributed by atoms with Crippen LogP contribution in [0.15, 0.2) is 84.9 Å². The van der Waals surface area contributed by atoms with Gasteiger partial charge in [-0.15, -0.1) is 0 Å². The fraction of sp³-hybridized carbons (Fsp3) is 0.340. The summed E-state index contributed by atoms with van der Waals surface area (Å²) in [6.45, 7) is 19.7. The van der Waals surface area contributed by atoms with Crippen molar-refractivity contribution in [3.8, 4) is 0 Å². The average molecular weight is 807 g/mol. The molecule has 0 spiro atoms. The first-order chi connectivity index (χ1) is 28.1. The van der Waals surface area contributed by atoms with Gasteiger partial charge < -0.3 is 9.80 Å². The van der Waals surface area contributed by atoms with Gasteiger partial charge in [0.25, 0.3) is 0 Å². The molecule has 0 bridgehead atoms. The average Bonchev–Trinajstić information content (AvgIpc) is 3.95. The van der Waals surface area contributed by atoms with Gasteiger partial charge in [0.2, 0.25) is 0 Å². The normalized spacial score (nSPS) is 17.0. The van der Waals surface area contributed by atoms with Crippen molar-refractivity contribution < 1.29 is 4.79 Å². The third-order valence-electron chi connectivity index (χ3n) is 12.6. The van der Waals surface area contributed by atoms with E-state index in [4.69, 9.17) is 9.97 Å². The van der Waals surface area contributed by atoms with Crippen molar-refractivity contribution in [3.63, 3.8) is 0 Å². The number of rotatable bonds is 8. The summed E-state index contributed by atoms with van der Waals surface area (Å²) in [7, 11) is 0. The van der Waals surface area contributed by atoms with E-state index in [2.05, 4.69) is 143 Å². The zero-order chi connectivity index (χ0) is 39.8. The molecule has 11 heteroatoms. The summed E-state index contributed by atoms with van der Waals surface area (Å²) in [6, 6.07) is 29.3. The first-order valence-corrected chi connectivity index (χ1v) is 22.2. The van der Waals surface area contributed by atoms with E-state index in [1.165, 1.54) is 33.6 Å². The Labute approximate surface area is 347 Å². The number of ketones is 1. The number of Topliss-reactive ketones (excluding diaryl/α,β-unsaturated/α-hetero) is 1. The number of fused-ring (bicyclic) bond motifs is 6. The highest BCUT2D eigenvalue weighted by atomic mass is 32.1. The molecule has 9 nitrogen and oxygen atoms in total. The summed E-state index contributed by atoms with van der Waals surface area (Å²) >= 11 is 3.38. The quantitative estimate of drug-likeness (QED) is 0.152. The van der Waals surface area contributed by atoms with Crippen LogP contribution in [0.2, 0.25) is 0 Å². The van der Waals surface area contributed by atoms with Crippen LogP contribution in [-0.2, 0) is 4.79 Å². The first kappa shape index (κ1) is 37.2. The number of aryl methyl sites for hydroxylation is 6. The summed E-state index contributed by atoms with van der Waals surface area (Å²) in [5.74, 6) is 0.244. The number of nitrogens with zero attached hydrogens (tertiary/aromatic N) is 8. The molecule has 2 atom stereocenters. The molecule has 2 saturated heterocycles. The van der Waals surface area contributed by atoms with E-state index in [-0.39, 0.29) is 5.78 Å². The number of para-hydroxylation sites is 4. The molecule has 6 heterocycles. The molecule has 0 saturated carbocycles. The van der Waals surface area contributed by atoms with E-state index >= 15 is 4.79 Å². The van der Waals surface area contributed by atoms with Gasteiger partial charge in [-0.25, -0.2) is 9.97 Å². The van der Waals surface area contributed by atoms with Gasteiger partial charge >= 0.3 is 0 Å². The molecule has 4 aromatic carbocycles. The molecular formula is C47H50N8OS2.